The molecule has 1 aliphatic carbocycles. The second-order valence-electron chi connectivity index (χ2n) is 5.49. The fraction of sp³-hybridized carbons (Fsp3) is 0.562. The molecule has 1 fully saturated rings. The van der Waals surface area contributed by atoms with Crippen LogP contribution in [-0.2, 0) is 11.2 Å². The molecule has 4 nitrogen and oxygen atoms in total. The minimum Gasteiger partial charge on any atom is -0.493 e. The van der Waals surface area contributed by atoms with Gasteiger partial charge in [0.2, 0.25) is 5.91 Å². The average Bonchev–Trinajstić information content (AvgIpc) is 3.22. The molecule has 1 aromatic carbocycles. The molecule has 2 rings (SSSR count). The molecule has 0 heterocycles. The lowest BCUT2D eigenvalue weighted by Gasteiger charge is -2.27. The minimum atomic E-state index is 0.190. The molecule has 1 amide bonds. The molecule has 0 bridgehead atoms. The van der Waals surface area contributed by atoms with Gasteiger partial charge in [0.15, 0.2) is 11.5 Å². The van der Waals surface area contributed by atoms with Crippen LogP contribution in [0.1, 0.15) is 32.3 Å². The number of ether oxygens (including phenoxy) is 2. The van der Waals surface area contributed by atoms with Gasteiger partial charge in [-0.05, 0) is 44.4 Å². The van der Waals surface area contributed by atoms with Gasteiger partial charge in [-0.3, -0.25) is 4.79 Å². The van der Waals surface area contributed by atoms with Crippen molar-refractivity contribution >= 4 is 5.91 Å². The lowest BCUT2D eigenvalue weighted by Crippen LogP contribution is -2.39. The molecule has 1 saturated carbocycles. The fourth-order valence-corrected chi connectivity index (χ4v) is 2.52. The third-order valence-electron chi connectivity index (χ3n) is 3.59. The SMILES string of the molecule is COc1ccc(CC(=O)N(C(C)C)C2CC2)cc1OC. The van der Waals surface area contributed by atoms with Gasteiger partial charge in [-0.2, -0.15) is 0 Å². The molecule has 110 valence electrons. The van der Waals surface area contributed by atoms with Crippen LogP contribution in [0.3, 0.4) is 0 Å². The van der Waals surface area contributed by atoms with Gasteiger partial charge in [-0.1, -0.05) is 6.07 Å². The van der Waals surface area contributed by atoms with Crippen LogP contribution in [0.2, 0.25) is 0 Å². The Morgan fingerprint density at radius 3 is 2.40 bits per heavy atom. The van der Waals surface area contributed by atoms with Gasteiger partial charge in [0.05, 0.1) is 20.6 Å². The number of rotatable bonds is 6. The van der Waals surface area contributed by atoms with E-state index in [0.717, 1.165) is 18.4 Å². The zero-order valence-corrected chi connectivity index (χ0v) is 12.7. The summed E-state index contributed by atoms with van der Waals surface area (Å²) in [6.45, 7) is 4.15. The molecule has 0 saturated heterocycles. The molecule has 0 atom stereocenters. The molecule has 0 N–H and O–H groups in total. The number of hydrogen-bond donors (Lipinski definition) is 0. The van der Waals surface area contributed by atoms with E-state index in [2.05, 4.69) is 13.8 Å². The standard InChI is InChI=1S/C16H23NO3/c1-11(2)17(13-6-7-13)16(18)10-12-5-8-14(19-3)15(9-12)20-4/h5,8-9,11,13H,6-7,10H2,1-4H3. The van der Waals surface area contributed by atoms with Crippen LogP contribution >= 0.6 is 0 Å². The Hall–Kier alpha value is -1.71. The number of carbonyl (C=O) groups is 1. The molecule has 4 heteroatoms. The zero-order chi connectivity index (χ0) is 14.7. The number of hydrogen-bond acceptors (Lipinski definition) is 3. The summed E-state index contributed by atoms with van der Waals surface area (Å²) in [5.74, 6) is 1.54. The lowest BCUT2D eigenvalue weighted by atomic mass is 10.1. The first-order chi connectivity index (χ1) is 9.56. The summed E-state index contributed by atoms with van der Waals surface area (Å²) in [7, 11) is 3.21. The van der Waals surface area contributed by atoms with E-state index in [-0.39, 0.29) is 11.9 Å². The van der Waals surface area contributed by atoms with Crippen molar-refractivity contribution in [3.63, 3.8) is 0 Å². The number of amides is 1. The highest BCUT2D eigenvalue weighted by atomic mass is 16.5. The van der Waals surface area contributed by atoms with E-state index in [1.54, 1.807) is 14.2 Å². The highest BCUT2D eigenvalue weighted by molar-refractivity contribution is 5.80. The Bertz CT molecular complexity index is 479. The average molecular weight is 277 g/mol. The molecule has 0 aromatic heterocycles. The molecular formula is C16H23NO3. The smallest absolute Gasteiger partial charge is 0.227 e. The second-order valence-corrected chi connectivity index (χ2v) is 5.49. The largest absolute Gasteiger partial charge is 0.493 e. The van der Waals surface area contributed by atoms with Crippen LogP contribution in [0, 0.1) is 0 Å². The van der Waals surface area contributed by atoms with Gasteiger partial charge < -0.3 is 14.4 Å². The number of benzene rings is 1. The third-order valence-corrected chi connectivity index (χ3v) is 3.59. The fourth-order valence-electron chi connectivity index (χ4n) is 2.52. The predicted octanol–water partition coefficient (Wildman–Crippen LogP) is 2.65. The highest BCUT2D eigenvalue weighted by Gasteiger charge is 2.33. The van der Waals surface area contributed by atoms with Crippen LogP contribution in [0.15, 0.2) is 18.2 Å². The predicted molar refractivity (Wildman–Crippen MR) is 78.3 cm³/mol. The van der Waals surface area contributed by atoms with Crippen molar-refractivity contribution < 1.29 is 14.3 Å². The summed E-state index contributed by atoms with van der Waals surface area (Å²) < 4.78 is 10.5. The van der Waals surface area contributed by atoms with Crippen molar-refractivity contribution in [3.05, 3.63) is 23.8 Å². The first-order valence-electron chi connectivity index (χ1n) is 7.09. The molecule has 20 heavy (non-hydrogen) atoms. The van der Waals surface area contributed by atoms with E-state index in [1.165, 1.54) is 0 Å². The van der Waals surface area contributed by atoms with Crippen molar-refractivity contribution in [2.24, 2.45) is 0 Å². The van der Waals surface area contributed by atoms with Crippen molar-refractivity contribution in [3.8, 4) is 11.5 Å². The van der Waals surface area contributed by atoms with Crippen molar-refractivity contribution in [2.75, 3.05) is 14.2 Å². The Labute approximate surface area is 120 Å². The summed E-state index contributed by atoms with van der Waals surface area (Å²) in [5.41, 5.74) is 0.957. The van der Waals surface area contributed by atoms with Gasteiger partial charge in [0.1, 0.15) is 0 Å². The maximum atomic E-state index is 12.4. The molecule has 1 aromatic rings. The van der Waals surface area contributed by atoms with E-state index in [9.17, 15) is 4.79 Å². The van der Waals surface area contributed by atoms with Crippen molar-refractivity contribution in [1.29, 1.82) is 0 Å². The van der Waals surface area contributed by atoms with Crippen LogP contribution in [0.25, 0.3) is 0 Å². The number of methoxy groups -OCH3 is 2. The monoisotopic (exact) mass is 277 g/mol. The topological polar surface area (TPSA) is 38.8 Å². The van der Waals surface area contributed by atoms with E-state index in [0.29, 0.717) is 24.0 Å². The van der Waals surface area contributed by atoms with E-state index >= 15 is 0 Å². The van der Waals surface area contributed by atoms with Gasteiger partial charge in [0, 0.05) is 12.1 Å². The maximum Gasteiger partial charge on any atom is 0.227 e. The zero-order valence-electron chi connectivity index (χ0n) is 12.7. The summed E-state index contributed by atoms with van der Waals surface area (Å²) in [5, 5.41) is 0. The molecule has 0 radical (unpaired) electrons. The van der Waals surface area contributed by atoms with E-state index in [1.807, 2.05) is 23.1 Å². The van der Waals surface area contributed by atoms with Gasteiger partial charge in [0.25, 0.3) is 0 Å². The first-order valence-corrected chi connectivity index (χ1v) is 7.09. The van der Waals surface area contributed by atoms with E-state index in [4.69, 9.17) is 9.47 Å². The first kappa shape index (κ1) is 14.7. The summed E-state index contributed by atoms with van der Waals surface area (Å²) in [6.07, 6.45) is 2.68. The Kier molecular flexibility index (Phi) is 4.53. The van der Waals surface area contributed by atoms with Gasteiger partial charge in [-0.25, -0.2) is 0 Å². The van der Waals surface area contributed by atoms with Crippen LogP contribution in [0.5, 0.6) is 11.5 Å². The normalized spacial score (nSPS) is 14.2. The molecule has 0 aliphatic heterocycles. The summed E-state index contributed by atoms with van der Waals surface area (Å²) >= 11 is 0. The molecule has 1 aliphatic rings. The Balaban J connectivity index is 2.10. The van der Waals surface area contributed by atoms with Crippen molar-refractivity contribution in [2.45, 2.75) is 45.2 Å². The van der Waals surface area contributed by atoms with Gasteiger partial charge in [-0.15, -0.1) is 0 Å². The molecular weight excluding hydrogens is 254 g/mol. The van der Waals surface area contributed by atoms with Gasteiger partial charge >= 0.3 is 0 Å². The number of carbonyl (C=O) groups excluding carboxylic acids is 1. The summed E-state index contributed by atoms with van der Waals surface area (Å²) in [4.78, 5) is 14.5. The second kappa shape index (κ2) is 6.16. The quantitative estimate of drug-likeness (QED) is 0.802. The molecule has 0 spiro atoms. The van der Waals surface area contributed by atoms with Crippen LogP contribution in [-0.4, -0.2) is 37.1 Å². The minimum absolute atomic E-state index is 0.190. The lowest BCUT2D eigenvalue weighted by molar-refractivity contribution is -0.132. The number of nitrogens with zero attached hydrogens (tertiary/aromatic N) is 1. The highest BCUT2D eigenvalue weighted by Crippen LogP contribution is 2.31. The van der Waals surface area contributed by atoms with Crippen LogP contribution < -0.4 is 9.47 Å². The summed E-state index contributed by atoms with van der Waals surface area (Å²) in [6, 6.07) is 6.35. The Morgan fingerprint density at radius 1 is 1.25 bits per heavy atom. The van der Waals surface area contributed by atoms with Crippen molar-refractivity contribution in [1.82, 2.24) is 4.90 Å². The third kappa shape index (κ3) is 3.24. The Morgan fingerprint density at radius 2 is 1.90 bits per heavy atom. The van der Waals surface area contributed by atoms with E-state index < -0.39 is 0 Å². The van der Waals surface area contributed by atoms with Crippen LogP contribution in [0.4, 0.5) is 0 Å². The molecule has 0 unspecified atom stereocenters. The maximum absolute atomic E-state index is 12.4.